The van der Waals surface area contributed by atoms with Gasteiger partial charge in [-0.05, 0) is 29.9 Å². The zero-order valence-electron chi connectivity index (χ0n) is 11.2. The van der Waals surface area contributed by atoms with Crippen LogP contribution >= 0.6 is 0 Å². The summed E-state index contributed by atoms with van der Waals surface area (Å²) in [6.07, 6.45) is 2.54. The summed E-state index contributed by atoms with van der Waals surface area (Å²) in [7, 11) is 1.71. The molecule has 0 radical (unpaired) electrons. The first kappa shape index (κ1) is 12.5. The molecule has 1 aliphatic carbocycles. The second-order valence-corrected chi connectivity index (χ2v) is 5.13. The summed E-state index contributed by atoms with van der Waals surface area (Å²) in [5.74, 6) is 0.918. The van der Waals surface area contributed by atoms with E-state index in [2.05, 4.69) is 29.6 Å². The quantitative estimate of drug-likeness (QED) is 0.864. The van der Waals surface area contributed by atoms with E-state index in [9.17, 15) is 0 Å². The van der Waals surface area contributed by atoms with E-state index in [1.165, 1.54) is 23.8 Å². The molecule has 0 saturated heterocycles. The lowest BCUT2D eigenvalue weighted by Gasteiger charge is -2.20. The van der Waals surface area contributed by atoms with Crippen LogP contribution in [0.25, 0.3) is 10.8 Å². The normalized spacial score (nSPS) is 16.5. The van der Waals surface area contributed by atoms with Crippen molar-refractivity contribution < 1.29 is 4.74 Å². The van der Waals surface area contributed by atoms with Gasteiger partial charge >= 0.3 is 0 Å². The number of rotatable bonds is 5. The summed E-state index contributed by atoms with van der Waals surface area (Å²) in [5, 5.41) is 6.00. The lowest BCUT2D eigenvalue weighted by Crippen LogP contribution is -2.30. The molecule has 0 bridgehead atoms. The molecule has 0 spiro atoms. The van der Waals surface area contributed by atoms with Crippen molar-refractivity contribution in [1.82, 2.24) is 5.32 Å². The standard InChI is InChI=1S/C16H20N2O/c1-19-16-9-8-13(12-4-2-3-5-14(12)16)15(10-17)18-11-6-7-11/h2-5,8-9,11,15,18H,6-7,10,17H2,1H3. The van der Waals surface area contributed by atoms with Gasteiger partial charge in [-0.25, -0.2) is 0 Å². The van der Waals surface area contributed by atoms with Crippen molar-refractivity contribution in [3.05, 3.63) is 42.0 Å². The van der Waals surface area contributed by atoms with Crippen molar-refractivity contribution in [1.29, 1.82) is 0 Å². The minimum atomic E-state index is 0.225. The Bertz CT molecular complexity index is 578. The van der Waals surface area contributed by atoms with E-state index in [-0.39, 0.29) is 6.04 Å². The van der Waals surface area contributed by atoms with E-state index < -0.39 is 0 Å². The largest absolute Gasteiger partial charge is 0.496 e. The molecule has 1 atom stereocenters. The summed E-state index contributed by atoms with van der Waals surface area (Å²) >= 11 is 0. The molecule has 100 valence electrons. The zero-order valence-corrected chi connectivity index (χ0v) is 11.2. The molecule has 19 heavy (non-hydrogen) atoms. The molecular weight excluding hydrogens is 236 g/mol. The smallest absolute Gasteiger partial charge is 0.126 e. The van der Waals surface area contributed by atoms with Crippen LogP contribution in [0, 0.1) is 0 Å². The minimum Gasteiger partial charge on any atom is -0.496 e. The minimum absolute atomic E-state index is 0.225. The molecule has 0 amide bonds. The molecule has 3 rings (SSSR count). The van der Waals surface area contributed by atoms with Crippen molar-refractivity contribution in [2.45, 2.75) is 24.9 Å². The highest BCUT2D eigenvalue weighted by Gasteiger charge is 2.25. The number of nitrogens with one attached hydrogen (secondary N) is 1. The molecule has 2 aromatic carbocycles. The van der Waals surface area contributed by atoms with E-state index in [1.807, 2.05) is 12.1 Å². The number of ether oxygens (including phenoxy) is 1. The van der Waals surface area contributed by atoms with Crippen molar-refractivity contribution in [3.63, 3.8) is 0 Å². The first-order chi connectivity index (χ1) is 9.33. The van der Waals surface area contributed by atoms with Crippen molar-refractivity contribution in [2.24, 2.45) is 5.73 Å². The van der Waals surface area contributed by atoms with Crippen LogP contribution in [-0.4, -0.2) is 19.7 Å². The zero-order chi connectivity index (χ0) is 13.2. The van der Waals surface area contributed by atoms with Gasteiger partial charge in [0, 0.05) is 24.0 Å². The molecule has 0 aromatic heterocycles. The number of benzene rings is 2. The Morgan fingerprint density at radius 2 is 1.95 bits per heavy atom. The Labute approximate surface area is 113 Å². The number of hydrogen-bond donors (Lipinski definition) is 2. The third kappa shape index (κ3) is 2.44. The molecule has 2 aromatic rings. The molecule has 0 heterocycles. The Morgan fingerprint density at radius 1 is 1.21 bits per heavy atom. The number of methoxy groups -OCH3 is 1. The van der Waals surface area contributed by atoms with Gasteiger partial charge in [-0.15, -0.1) is 0 Å². The monoisotopic (exact) mass is 256 g/mol. The van der Waals surface area contributed by atoms with E-state index in [0.29, 0.717) is 12.6 Å². The van der Waals surface area contributed by atoms with Gasteiger partial charge in [-0.3, -0.25) is 0 Å². The van der Waals surface area contributed by atoms with Crippen molar-refractivity contribution in [2.75, 3.05) is 13.7 Å². The Kier molecular flexibility index (Phi) is 3.40. The maximum absolute atomic E-state index is 5.95. The highest BCUT2D eigenvalue weighted by Crippen LogP contribution is 2.32. The summed E-state index contributed by atoms with van der Waals surface area (Å²) in [6.45, 7) is 0.618. The summed E-state index contributed by atoms with van der Waals surface area (Å²) in [6, 6.07) is 13.4. The third-order valence-electron chi connectivity index (χ3n) is 3.76. The first-order valence-corrected chi connectivity index (χ1v) is 6.85. The maximum atomic E-state index is 5.95. The molecule has 0 aliphatic heterocycles. The Hall–Kier alpha value is -1.58. The van der Waals surface area contributed by atoms with E-state index in [0.717, 1.165) is 11.1 Å². The SMILES string of the molecule is COc1ccc(C(CN)NC2CC2)c2ccccc12. The van der Waals surface area contributed by atoms with Crippen LogP contribution in [0.4, 0.5) is 0 Å². The molecular formula is C16H20N2O. The summed E-state index contributed by atoms with van der Waals surface area (Å²) in [4.78, 5) is 0. The molecule has 3 N–H and O–H groups in total. The van der Waals surface area contributed by atoms with Crippen LogP contribution in [0.5, 0.6) is 5.75 Å². The first-order valence-electron chi connectivity index (χ1n) is 6.85. The van der Waals surface area contributed by atoms with E-state index in [4.69, 9.17) is 10.5 Å². The topological polar surface area (TPSA) is 47.3 Å². The predicted molar refractivity (Wildman–Crippen MR) is 78.5 cm³/mol. The van der Waals surface area contributed by atoms with Crippen LogP contribution < -0.4 is 15.8 Å². The fraction of sp³-hybridized carbons (Fsp3) is 0.375. The van der Waals surface area contributed by atoms with Crippen LogP contribution in [0.2, 0.25) is 0 Å². The lowest BCUT2D eigenvalue weighted by atomic mass is 9.98. The second kappa shape index (κ2) is 5.19. The molecule has 1 saturated carbocycles. The molecule has 1 unspecified atom stereocenters. The molecule has 1 aliphatic rings. The summed E-state index contributed by atoms with van der Waals surface area (Å²) < 4.78 is 5.44. The number of fused-ring (bicyclic) bond motifs is 1. The Balaban J connectivity index is 2.06. The van der Waals surface area contributed by atoms with Gasteiger partial charge in [0.05, 0.1) is 7.11 Å². The summed E-state index contributed by atoms with van der Waals surface area (Å²) in [5.41, 5.74) is 7.22. The van der Waals surface area contributed by atoms with Crippen molar-refractivity contribution >= 4 is 10.8 Å². The van der Waals surface area contributed by atoms with Crippen LogP contribution in [-0.2, 0) is 0 Å². The van der Waals surface area contributed by atoms with Crippen LogP contribution in [0.1, 0.15) is 24.4 Å². The van der Waals surface area contributed by atoms with E-state index >= 15 is 0 Å². The van der Waals surface area contributed by atoms with Gasteiger partial charge in [0.25, 0.3) is 0 Å². The predicted octanol–water partition coefficient (Wildman–Crippen LogP) is 2.60. The highest BCUT2D eigenvalue weighted by molar-refractivity contribution is 5.91. The Morgan fingerprint density at radius 3 is 2.58 bits per heavy atom. The number of hydrogen-bond acceptors (Lipinski definition) is 3. The number of nitrogens with two attached hydrogens (primary N) is 1. The maximum Gasteiger partial charge on any atom is 0.126 e. The third-order valence-corrected chi connectivity index (χ3v) is 3.76. The second-order valence-electron chi connectivity index (χ2n) is 5.13. The lowest BCUT2D eigenvalue weighted by molar-refractivity contribution is 0.419. The van der Waals surface area contributed by atoms with Gasteiger partial charge < -0.3 is 15.8 Å². The van der Waals surface area contributed by atoms with E-state index in [1.54, 1.807) is 7.11 Å². The molecule has 1 fully saturated rings. The average molecular weight is 256 g/mol. The van der Waals surface area contributed by atoms with Crippen LogP contribution in [0.15, 0.2) is 36.4 Å². The average Bonchev–Trinajstić information content (AvgIpc) is 3.28. The molecule has 3 nitrogen and oxygen atoms in total. The van der Waals surface area contributed by atoms with Crippen molar-refractivity contribution in [3.8, 4) is 5.75 Å². The molecule has 3 heteroatoms. The fourth-order valence-electron chi connectivity index (χ4n) is 2.60. The highest BCUT2D eigenvalue weighted by atomic mass is 16.5. The fourth-order valence-corrected chi connectivity index (χ4v) is 2.60. The van der Waals surface area contributed by atoms with Gasteiger partial charge in [-0.1, -0.05) is 30.3 Å². The van der Waals surface area contributed by atoms with Gasteiger partial charge in [0.15, 0.2) is 0 Å². The van der Waals surface area contributed by atoms with Crippen LogP contribution in [0.3, 0.4) is 0 Å². The van der Waals surface area contributed by atoms with Gasteiger partial charge in [-0.2, -0.15) is 0 Å². The van der Waals surface area contributed by atoms with Gasteiger partial charge in [0.1, 0.15) is 5.75 Å². The van der Waals surface area contributed by atoms with Gasteiger partial charge in [0.2, 0.25) is 0 Å².